The first kappa shape index (κ1) is 15.5. The van der Waals surface area contributed by atoms with Crippen molar-refractivity contribution >= 4 is 0 Å². The molecule has 1 N–H and O–H groups in total. The molecule has 0 fully saturated rings. The summed E-state index contributed by atoms with van der Waals surface area (Å²) in [5, 5.41) is 3.61. The first-order valence-electron chi connectivity index (χ1n) is 7.73. The Bertz CT molecular complexity index is 394. The van der Waals surface area contributed by atoms with Gasteiger partial charge in [0.1, 0.15) is 0 Å². The molecule has 1 aromatic rings. The summed E-state index contributed by atoms with van der Waals surface area (Å²) in [6, 6.07) is 9.25. The SMILES string of the molecule is CCCNC(COCCOC)CC1Cc2ccccc21. The molecule has 3 nitrogen and oxygen atoms in total. The van der Waals surface area contributed by atoms with Crippen molar-refractivity contribution in [2.24, 2.45) is 0 Å². The molecule has 0 spiro atoms. The van der Waals surface area contributed by atoms with Crippen LogP contribution in [0.3, 0.4) is 0 Å². The highest BCUT2D eigenvalue weighted by molar-refractivity contribution is 5.39. The predicted octanol–water partition coefficient (Wildman–Crippen LogP) is 2.75. The van der Waals surface area contributed by atoms with Crippen molar-refractivity contribution in [3.63, 3.8) is 0 Å². The third kappa shape index (κ3) is 4.30. The minimum Gasteiger partial charge on any atom is -0.382 e. The molecule has 0 amide bonds. The zero-order chi connectivity index (χ0) is 14.2. The molecule has 0 saturated heterocycles. The van der Waals surface area contributed by atoms with Gasteiger partial charge < -0.3 is 14.8 Å². The normalized spacial score (nSPS) is 18.4. The van der Waals surface area contributed by atoms with Gasteiger partial charge in [-0.3, -0.25) is 0 Å². The van der Waals surface area contributed by atoms with Gasteiger partial charge in [-0.25, -0.2) is 0 Å². The van der Waals surface area contributed by atoms with E-state index < -0.39 is 0 Å². The summed E-state index contributed by atoms with van der Waals surface area (Å²) in [6.45, 7) is 5.40. The number of hydrogen-bond donors (Lipinski definition) is 1. The Morgan fingerprint density at radius 2 is 2.15 bits per heavy atom. The molecule has 0 radical (unpaired) electrons. The average Bonchev–Trinajstić information content (AvgIpc) is 2.45. The Hall–Kier alpha value is -0.900. The number of ether oxygens (including phenoxy) is 2. The first-order valence-corrected chi connectivity index (χ1v) is 7.73. The van der Waals surface area contributed by atoms with E-state index in [0.29, 0.717) is 25.2 Å². The van der Waals surface area contributed by atoms with Gasteiger partial charge in [-0.15, -0.1) is 0 Å². The molecule has 2 atom stereocenters. The van der Waals surface area contributed by atoms with E-state index in [1.807, 2.05) is 0 Å². The topological polar surface area (TPSA) is 30.5 Å². The van der Waals surface area contributed by atoms with Crippen LogP contribution in [0.5, 0.6) is 0 Å². The minimum absolute atomic E-state index is 0.449. The van der Waals surface area contributed by atoms with Gasteiger partial charge in [-0.2, -0.15) is 0 Å². The number of nitrogens with one attached hydrogen (secondary N) is 1. The Labute approximate surface area is 122 Å². The highest BCUT2D eigenvalue weighted by Gasteiger charge is 2.27. The maximum absolute atomic E-state index is 5.70. The van der Waals surface area contributed by atoms with Gasteiger partial charge in [-0.05, 0) is 42.9 Å². The molecule has 0 heterocycles. The van der Waals surface area contributed by atoms with E-state index in [4.69, 9.17) is 9.47 Å². The van der Waals surface area contributed by atoms with Crippen LogP contribution in [0.1, 0.15) is 36.8 Å². The summed E-state index contributed by atoms with van der Waals surface area (Å²) >= 11 is 0. The number of fused-ring (bicyclic) bond motifs is 1. The van der Waals surface area contributed by atoms with Crippen LogP contribution in [-0.2, 0) is 15.9 Å². The quantitative estimate of drug-likeness (QED) is 0.667. The summed E-state index contributed by atoms with van der Waals surface area (Å²) in [6.07, 6.45) is 3.55. The number of hydrogen-bond acceptors (Lipinski definition) is 3. The molecule has 2 rings (SSSR count). The molecule has 0 aliphatic heterocycles. The van der Waals surface area contributed by atoms with Gasteiger partial charge in [0.05, 0.1) is 19.8 Å². The van der Waals surface area contributed by atoms with Crippen LogP contribution in [0.15, 0.2) is 24.3 Å². The second-order valence-corrected chi connectivity index (χ2v) is 5.55. The van der Waals surface area contributed by atoms with Crippen LogP contribution >= 0.6 is 0 Å². The Balaban J connectivity index is 1.79. The average molecular weight is 277 g/mol. The lowest BCUT2D eigenvalue weighted by atomic mass is 9.74. The highest BCUT2D eigenvalue weighted by atomic mass is 16.5. The van der Waals surface area contributed by atoms with Crippen molar-refractivity contribution in [3.8, 4) is 0 Å². The van der Waals surface area contributed by atoms with E-state index in [9.17, 15) is 0 Å². The van der Waals surface area contributed by atoms with Crippen LogP contribution < -0.4 is 5.32 Å². The largest absolute Gasteiger partial charge is 0.382 e. The van der Waals surface area contributed by atoms with Crippen molar-refractivity contribution in [1.82, 2.24) is 5.32 Å². The van der Waals surface area contributed by atoms with Crippen molar-refractivity contribution in [3.05, 3.63) is 35.4 Å². The summed E-state index contributed by atoms with van der Waals surface area (Å²) < 4.78 is 10.7. The van der Waals surface area contributed by atoms with E-state index in [1.54, 1.807) is 7.11 Å². The van der Waals surface area contributed by atoms with Crippen molar-refractivity contribution in [2.45, 2.75) is 38.1 Å². The van der Waals surface area contributed by atoms with Gasteiger partial charge in [0.25, 0.3) is 0 Å². The van der Waals surface area contributed by atoms with E-state index in [-0.39, 0.29) is 0 Å². The van der Waals surface area contributed by atoms with Gasteiger partial charge in [0.15, 0.2) is 0 Å². The van der Waals surface area contributed by atoms with Crippen LogP contribution in [0.2, 0.25) is 0 Å². The van der Waals surface area contributed by atoms with Gasteiger partial charge >= 0.3 is 0 Å². The highest BCUT2D eigenvalue weighted by Crippen LogP contribution is 2.37. The van der Waals surface area contributed by atoms with Crippen LogP contribution in [0.4, 0.5) is 0 Å². The standard InChI is InChI=1S/C17H27NO2/c1-3-8-18-16(13-20-10-9-19-2)12-15-11-14-6-4-5-7-17(14)15/h4-7,15-16,18H,3,8-13H2,1-2H3. The fraction of sp³-hybridized carbons (Fsp3) is 0.647. The Kier molecular flexibility index (Phi) is 6.51. The summed E-state index contributed by atoms with van der Waals surface area (Å²) in [4.78, 5) is 0. The smallest absolute Gasteiger partial charge is 0.0701 e. The number of rotatable bonds is 10. The summed E-state index contributed by atoms with van der Waals surface area (Å²) in [5.74, 6) is 0.701. The van der Waals surface area contributed by atoms with Crippen LogP contribution in [0.25, 0.3) is 0 Å². The van der Waals surface area contributed by atoms with Crippen LogP contribution in [0, 0.1) is 0 Å². The Morgan fingerprint density at radius 3 is 2.90 bits per heavy atom. The number of methoxy groups -OCH3 is 1. The second-order valence-electron chi connectivity index (χ2n) is 5.55. The van der Waals surface area contributed by atoms with Crippen LogP contribution in [-0.4, -0.2) is 39.5 Å². The maximum Gasteiger partial charge on any atom is 0.0701 e. The molecule has 1 aliphatic rings. The molecule has 112 valence electrons. The van der Waals surface area contributed by atoms with Crippen molar-refractivity contribution in [1.29, 1.82) is 0 Å². The molecule has 20 heavy (non-hydrogen) atoms. The summed E-state index contributed by atoms with van der Waals surface area (Å²) in [7, 11) is 1.71. The van der Waals surface area contributed by atoms with E-state index in [1.165, 1.54) is 24.0 Å². The number of benzene rings is 1. The first-order chi connectivity index (χ1) is 9.85. The van der Waals surface area contributed by atoms with Gasteiger partial charge in [0.2, 0.25) is 0 Å². The second kappa shape index (κ2) is 8.40. The zero-order valence-corrected chi connectivity index (χ0v) is 12.7. The molecule has 0 saturated carbocycles. The van der Waals surface area contributed by atoms with E-state index in [0.717, 1.165) is 19.6 Å². The third-order valence-electron chi connectivity index (χ3n) is 3.96. The summed E-state index contributed by atoms with van der Waals surface area (Å²) in [5.41, 5.74) is 3.06. The maximum atomic E-state index is 5.70. The van der Waals surface area contributed by atoms with Gasteiger partial charge in [0, 0.05) is 13.2 Å². The molecule has 1 aliphatic carbocycles. The molecule has 0 aromatic heterocycles. The fourth-order valence-electron chi connectivity index (χ4n) is 2.84. The third-order valence-corrected chi connectivity index (χ3v) is 3.96. The lowest BCUT2D eigenvalue weighted by molar-refractivity contribution is 0.0560. The lowest BCUT2D eigenvalue weighted by Gasteiger charge is -2.33. The minimum atomic E-state index is 0.449. The fourth-order valence-corrected chi connectivity index (χ4v) is 2.84. The lowest BCUT2D eigenvalue weighted by Crippen LogP contribution is -2.37. The molecule has 2 unspecified atom stereocenters. The molecule has 3 heteroatoms. The molecular weight excluding hydrogens is 250 g/mol. The van der Waals surface area contributed by atoms with E-state index in [2.05, 4.69) is 36.5 Å². The monoisotopic (exact) mass is 277 g/mol. The van der Waals surface area contributed by atoms with E-state index >= 15 is 0 Å². The predicted molar refractivity (Wildman–Crippen MR) is 82.3 cm³/mol. The van der Waals surface area contributed by atoms with Gasteiger partial charge in [-0.1, -0.05) is 31.2 Å². The zero-order valence-electron chi connectivity index (χ0n) is 12.7. The van der Waals surface area contributed by atoms with Crippen molar-refractivity contribution < 1.29 is 9.47 Å². The van der Waals surface area contributed by atoms with Crippen molar-refractivity contribution in [2.75, 3.05) is 33.5 Å². The molecule has 0 bridgehead atoms. The Morgan fingerprint density at radius 1 is 1.30 bits per heavy atom. The molecular formula is C17H27NO2. The molecule has 1 aromatic carbocycles.